The Labute approximate surface area is 113 Å². The Kier molecular flexibility index (Phi) is 6.09. The zero-order valence-corrected chi connectivity index (χ0v) is 10.9. The van der Waals surface area contributed by atoms with Gasteiger partial charge in [-0.3, -0.25) is 4.79 Å². The van der Waals surface area contributed by atoms with E-state index in [1.165, 1.54) is 37.1 Å². The van der Waals surface area contributed by atoms with Gasteiger partial charge < -0.3 is 10.6 Å². The zero-order chi connectivity index (χ0) is 12.1. The minimum Gasteiger partial charge on any atom is -0.352 e. The van der Waals surface area contributed by atoms with Gasteiger partial charge in [-0.15, -0.1) is 12.4 Å². The highest BCUT2D eigenvalue weighted by Crippen LogP contribution is 2.08. The number of carbonyl (C=O) groups excluding carboxylic acids is 1. The first kappa shape index (κ1) is 14.9. The van der Waals surface area contributed by atoms with Gasteiger partial charge in [-0.25, -0.2) is 4.39 Å². The van der Waals surface area contributed by atoms with Gasteiger partial charge in [0.15, 0.2) is 0 Å². The van der Waals surface area contributed by atoms with Crippen molar-refractivity contribution < 1.29 is 9.18 Å². The van der Waals surface area contributed by atoms with Crippen molar-refractivity contribution in [2.45, 2.75) is 25.3 Å². The van der Waals surface area contributed by atoms with Crippen LogP contribution in [0.25, 0.3) is 0 Å². The SMILES string of the molecule is Cl.O=C(NCC[C@H]1CCCN1)c1ccc(F)cc1. The van der Waals surface area contributed by atoms with Crippen molar-refractivity contribution in [1.82, 2.24) is 10.6 Å². The summed E-state index contributed by atoms with van der Waals surface area (Å²) in [7, 11) is 0. The third-order valence-corrected chi connectivity index (χ3v) is 3.05. The van der Waals surface area contributed by atoms with E-state index in [-0.39, 0.29) is 24.1 Å². The Bertz CT molecular complexity index is 377. The van der Waals surface area contributed by atoms with E-state index in [0.29, 0.717) is 18.2 Å². The van der Waals surface area contributed by atoms with Crippen molar-refractivity contribution in [3.8, 4) is 0 Å². The number of benzene rings is 1. The molecule has 3 nitrogen and oxygen atoms in total. The molecule has 1 aliphatic heterocycles. The molecule has 0 saturated carbocycles. The summed E-state index contributed by atoms with van der Waals surface area (Å²) in [6.45, 7) is 1.74. The van der Waals surface area contributed by atoms with Crippen molar-refractivity contribution in [2.75, 3.05) is 13.1 Å². The van der Waals surface area contributed by atoms with E-state index < -0.39 is 0 Å². The van der Waals surface area contributed by atoms with E-state index in [1.54, 1.807) is 0 Å². The largest absolute Gasteiger partial charge is 0.352 e. The normalized spacial score (nSPS) is 18.2. The molecule has 0 aliphatic carbocycles. The fraction of sp³-hybridized carbons (Fsp3) is 0.462. The molecule has 1 aliphatic rings. The van der Waals surface area contributed by atoms with E-state index in [0.717, 1.165) is 13.0 Å². The van der Waals surface area contributed by atoms with Gasteiger partial charge in [0.1, 0.15) is 5.82 Å². The van der Waals surface area contributed by atoms with Crippen LogP contribution in [0, 0.1) is 5.82 Å². The highest BCUT2D eigenvalue weighted by atomic mass is 35.5. The molecular weight excluding hydrogens is 255 g/mol. The van der Waals surface area contributed by atoms with Crippen molar-refractivity contribution in [3.05, 3.63) is 35.6 Å². The Hall–Kier alpha value is -1.13. The molecular formula is C13H18ClFN2O. The van der Waals surface area contributed by atoms with Crippen LogP contribution in [0.1, 0.15) is 29.6 Å². The minimum absolute atomic E-state index is 0. The van der Waals surface area contributed by atoms with Gasteiger partial charge in [0.05, 0.1) is 0 Å². The molecule has 2 rings (SSSR count). The molecule has 0 spiro atoms. The van der Waals surface area contributed by atoms with Crippen LogP contribution in [-0.4, -0.2) is 25.0 Å². The van der Waals surface area contributed by atoms with Crippen LogP contribution in [-0.2, 0) is 0 Å². The van der Waals surface area contributed by atoms with Crippen molar-refractivity contribution in [3.63, 3.8) is 0 Å². The van der Waals surface area contributed by atoms with Crippen LogP contribution in [0.4, 0.5) is 4.39 Å². The number of carbonyl (C=O) groups is 1. The van der Waals surface area contributed by atoms with Crippen LogP contribution in [0.2, 0.25) is 0 Å². The predicted octanol–water partition coefficient (Wildman–Crippen LogP) is 2.12. The van der Waals surface area contributed by atoms with Crippen LogP contribution in [0.5, 0.6) is 0 Å². The summed E-state index contributed by atoms with van der Waals surface area (Å²) in [6, 6.07) is 6.13. The molecule has 100 valence electrons. The molecule has 1 saturated heterocycles. The summed E-state index contributed by atoms with van der Waals surface area (Å²) in [5.74, 6) is -0.459. The Morgan fingerprint density at radius 2 is 2.11 bits per heavy atom. The second kappa shape index (κ2) is 7.34. The Balaban J connectivity index is 0.00000162. The summed E-state index contributed by atoms with van der Waals surface area (Å²) >= 11 is 0. The van der Waals surface area contributed by atoms with Crippen molar-refractivity contribution in [2.24, 2.45) is 0 Å². The van der Waals surface area contributed by atoms with Gasteiger partial charge in [-0.1, -0.05) is 0 Å². The number of halogens is 2. The first-order chi connectivity index (χ1) is 8.25. The molecule has 1 aromatic carbocycles. The molecule has 18 heavy (non-hydrogen) atoms. The molecule has 0 aromatic heterocycles. The van der Waals surface area contributed by atoms with E-state index >= 15 is 0 Å². The fourth-order valence-electron chi connectivity index (χ4n) is 2.07. The molecule has 1 atom stereocenters. The van der Waals surface area contributed by atoms with Gasteiger partial charge in [-0.2, -0.15) is 0 Å². The molecule has 1 aromatic rings. The van der Waals surface area contributed by atoms with Gasteiger partial charge in [0.2, 0.25) is 0 Å². The molecule has 5 heteroatoms. The molecule has 0 radical (unpaired) electrons. The molecule has 0 bridgehead atoms. The highest BCUT2D eigenvalue weighted by Gasteiger charge is 2.13. The number of rotatable bonds is 4. The maximum absolute atomic E-state index is 12.7. The topological polar surface area (TPSA) is 41.1 Å². The quantitative estimate of drug-likeness (QED) is 0.882. The average Bonchev–Trinajstić information content (AvgIpc) is 2.83. The van der Waals surface area contributed by atoms with Gasteiger partial charge >= 0.3 is 0 Å². The third kappa shape index (κ3) is 4.27. The van der Waals surface area contributed by atoms with Crippen LogP contribution in [0.15, 0.2) is 24.3 Å². The number of amides is 1. The summed E-state index contributed by atoms with van der Waals surface area (Å²) in [5.41, 5.74) is 0.505. The lowest BCUT2D eigenvalue weighted by atomic mass is 10.1. The maximum Gasteiger partial charge on any atom is 0.251 e. The molecule has 2 N–H and O–H groups in total. The van der Waals surface area contributed by atoms with Gasteiger partial charge in [-0.05, 0) is 50.1 Å². The molecule has 1 fully saturated rings. The first-order valence-electron chi connectivity index (χ1n) is 6.03. The lowest BCUT2D eigenvalue weighted by Crippen LogP contribution is -2.30. The highest BCUT2D eigenvalue weighted by molar-refractivity contribution is 5.94. The Morgan fingerprint density at radius 1 is 1.39 bits per heavy atom. The third-order valence-electron chi connectivity index (χ3n) is 3.05. The fourth-order valence-corrected chi connectivity index (χ4v) is 2.07. The van der Waals surface area contributed by atoms with Crippen molar-refractivity contribution >= 4 is 18.3 Å². The minimum atomic E-state index is -0.322. The lowest BCUT2D eigenvalue weighted by Gasteiger charge is -2.10. The van der Waals surface area contributed by atoms with E-state index in [2.05, 4.69) is 10.6 Å². The average molecular weight is 273 g/mol. The molecule has 1 heterocycles. The van der Waals surface area contributed by atoms with E-state index in [4.69, 9.17) is 0 Å². The number of hydrogen-bond acceptors (Lipinski definition) is 2. The lowest BCUT2D eigenvalue weighted by molar-refractivity contribution is 0.0952. The zero-order valence-electron chi connectivity index (χ0n) is 10.1. The van der Waals surface area contributed by atoms with Gasteiger partial charge in [0, 0.05) is 18.2 Å². The first-order valence-corrected chi connectivity index (χ1v) is 6.03. The standard InChI is InChI=1S/C13H17FN2O.ClH/c14-11-5-3-10(4-6-11)13(17)16-9-7-12-2-1-8-15-12;/h3-6,12,15H,1-2,7-9H2,(H,16,17);1H/t12-;/m1./s1. The second-order valence-electron chi connectivity index (χ2n) is 4.34. The summed E-state index contributed by atoms with van der Waals surface area (Å²) in [4.78, 5) is 11.7. The van der Waals surface area contributed by atoms with Crippen molar-refractivity contribution in [1.29, 1.82) is 0 Å². The summed E-state index contributed by atoms with van der Waals surface area (Å²) in [6.07, 6.45) is 3.36. The summed E-state index contributed by atoms with van der Waals surface area (Å²) in [5, 5.41) is 6.22. The maximum atomic E-state index is 12.7. The smallest absolute Gasteiger partial charge is 0.251 e. The van der Waals surface area contributed by atoms with Gasteiger partial charge in [0.25, 0.3) is 5.91 Å². The van der Waals surface area contributed by atoms with Crippen LogP contribution >= 0.6 is 12.4 Å². The number of nitrogens with one attached hydrogen (secondary N) is 2. The Morgan fingerprint density at radius 3 is 2.72 bits per heavy atom. The number of hydrogen-bond donors (Lipinski definition) is 2. The molecule has 1 amide bonds. The van der Waals surface area contributed by atoms with E-state index in [1.807, 2.05) is 0 Å². The predicted molar refractivity (Wildman–Crippen MR) is 71.6 cm³/mol. The monoisotopic (exact) mass is 272 g/mol. The van der Waals surface area contributed by atoms with Crippen LogP contribution < -0.4 is 10.6 Å². The van der Waals surface area contributed by atoms with Crippen LogP contribution in [0.3, 0.4) is 0 Å². The van der Waals surface area contributed by atoms with E-state index in [9.17, 15) is 9.18 Å². The second-order valence-corrected chi connectivity index (χ2v) is 4.34. The summed E-state index contributed by atoms with van der Waals surface area (Å²) < 4.78 is 12.7. The molecule has 0 unspecified atom stereocenters.